The Labute approximate surface area is 155 Å². The van der Waals surface area contributed by atoms with Gasteiger partial charge in [0.25, 0.3) is 5.56 Å². The van der Waals surface area contributed by atoms with Gasteiger partial charge in [-0.15, -0.1) is 0 Å². The van der Waals surface area contributed by atoms with Gasteiger partial charge in [-0.1, -0.05) is 0 Å². The van der Waals surface area contributed by atoms with Crippen molar-refractivity contribution in [1.29, 1.82) is 0 Å². The third-order valence-electron chi connectivity index (χ3n) is 4.72. The molecule has 28 heavy (non-hydrogen) atoms. The highest BCUT2D eigenvalue weighted by molar-refractivity contribution is 5.70. The van der Waals surface area contributed by atoms with Gasteiger partial charge in [-0.05, 0) is 0 Å². The molecule has 0 spiro atoms. The van der Waals surface area contributed by atoms with Crippen molar-refractivity contribution in [1.82, 2.24) is 39.0 Å². The molecule has 5 N–H and O–H groups in total. The lowest BCUT2D eigenvalue weighted by Gasteiger charge is -2.16. The van der Waals surface area contributed by atoms with Crippen molar-refractivity contribution in [3.8, 4) is 0 Å². The first-order valence-electron chi connectivity index (χ1n) is 8.37. The molecule has 4 aromatic rings. The lowest BCUT2D eigenvalue weighted by Crippen LogP contribution is -2.33. The van der Waals surface area contributed by atoms with Gasteiger partial charge in [0.1, 0.15) is 30.2 Å². The summed E-state index contributed by atoms with van der Waals surface area (Å²) in [4.78, 5) is 34.6. The molecule has 0 radical (unpaired) electrons. The highest BCUT2D eigenvalue weighted by Crippen LogP contribution is 2.32. The standard InChI is InChI=1S/C15H15N9O4/c16-15-21-12-8(13(27)22-15)20-5-24(12)14-10(26)9(25)7(28-14)2-23-4-19-6-1-17-3-18-11(6)23/h1,3-5,7,9-10,14,25-26H,2H2,(H3,16,21,22,27)/t7-,9?,10?,14-/m1/s1. The Bertz CT molecular complexity index is 1230. The van der Waals surface area contributed by atoms with Crippen LogP contribution in [0, 0.1) is 0 Å². The normalized spacial score (nSPS) is 25.1. The molecule has 0 saturated carbocycles. The van der Waals surface area contributed by atoms with Crippen molar-refractivity contribution in [2.75, 3.05) is 5.73 Å². The molecule has 13 heteroatoms. The predicted molar refractivity (Wildman–Crippen MR) is 93.8 cm³/mol. The fourth-order valence-corrected chi connectivity index (χ4v) is 3.38. The van der Waals surface area contributed by atoms with Gasteiger partial charge >= 0.3 is 0 Å². The first-order valence-corrected chi connectivity index (χ1v) is 8.37. The van der Waals surface area contributed by atoms with E-state index in [1.165, 1.54) is 17.2 Å². The van der Waals surface area contributed by atoms with Crippen LogP contribution in [0.2, 0.25) is 0 Å². The van der Waals surface area contributed by atoms with Gasteiger partial charge in [0, 0.05) is 0 Å². The maximum Gasteiger partial charge on any atom is 0.280 e. The number of nitrogens with zero attached hydrogens (tertiary/aromatic N) is 7. The Balaban J connectivity index is 1.48. The third-order valence-corrected chi connectivity index (χ3v) is 4.72. The summed E-state index contributed by atoms with van der Waals surface area (Å²) in [6.07, 6.45) is 1.63. The van der Waals surface area contributed by atoms with Crippen molar-refractivity contribution in [2.45, 2.75) is 31.1 Å². The van der Waals surface area contributed by atoms with E-state index in [1.54, 1.807) is 17.1 Å². The summed E-state index contributed by atoms with van der Waals surface area (Å²) in [5.41, 5.74) is 6.49. The number of imidazole rings is 2. The summed E-state index contributed by atoms with van der Waals surface area (Å²) < 4.78 is 8.96. The number of aliphatic hydroxyl groups is 2. The smallest absolute Gasteiger partial charge is 0.280 e. The van der Waals surface area contributed by atoms with E-state index in [2.05, 4.69) is 29.9 Å². The summed E-state index contributed by atoms with van der Waals surface area (Å²) in [6, 6.07) is 0. The van der Waals surface area contributed by atoms with Gasteiger partial charge in [0.15, 0.2) is 23.0 Å². The summed E-state index contributed by atoms with van der Waals surface area (Å²) in [6.45, 7) is 0.199. The number of aromatic nitrogens is 8. The van der Waals surface area contributed by atoms with Gasteiger partial charge in [-0.3, -0.25) is 14.3 Å². The van der Waals surface area contributed by atoms with Gasteiger partial charge in [0.05, 0.1) is 25.4 Å². The average Bonchev–Trinajstić information content (AvgIpc) is 3.35. The Morgan fingerprint density at radius 3 is 2.89 bits per heavy atom. The van der Waals surface area contributed by atoms with Crippen molar-refractivity contribution in [3.63, 3.8) is 0 Å². The van der Waals surface area contributed by atoms with Crippen LogP contribution in [0.15, 0.2) is 30.0 Å². The average molecular weight is 385 g/mol. The lowest BCUT2D eigenvalue weighted by atomic mass is 10.1. The molecular formula is C15H15N9O4. The second-order valence-electron chi connectivity index (χ2n) is 6.45. The molecule has 0 bridgehead atoms. The number of hydrogen-bond acceptors (Lipinski definition) is 10. The van der Waals surface area contributed by atoms with Crippen molar-refractivity contribution < 1.29 is 14.9 Å². The molecule has 1 aliphatic rings. The van der Waals surface area contributed by atoms with Gasteiger partial charge in [-0.2, -0.15) is 4.98 Å². The second-order valence-corrected chi connectivity index (χ2v) is 6.45. The van der Waals surface area contributed by atoms with Crippen LogP contribution in [-0.2, 0) is 11.3 Å². The molecule has 1 saturated heterocycles. The largest absolute Gasteiger partial charge is 0.387 e. The van der Waals surface area contributed by atoms with Gasteiger partial charge in [0.2, 0.25) is 5.95 Å². The van der Waals surface area contributed by atoms with Gasteiger partial charge in [-0.25, -0.2) is 19.9 Å². The zero-order valence-corrected chi connectivity index (χ0v) is 14.2. The minimum Gasteiger partial charge on any atom is -0.387 e. The molecule has 2 unspecified atom stereocenters. The first kappa shape index (κ1) is 16.7. The Morgan fingerprint density at radius 2 is 2.04 bits per heavy atom. The van der Waals surface area contributed by atoms with Crippen LogP contribution in [0.1, 0.15) is 6.23 Å². The SMILES string of the molecule is Nc1nc2c(ncn2[C@@H]2O[C@H](Cn3cnc4cncnc43)C(O)C2O)c(=O)[nH]1. The minimum atomic E-state index is -1.27. The number of aromatic amines is 1. The molecule has 5 rings (SSSR count). The van der Waals surface area contributed by atoms with E-state index in [1.807, 2.05) is 0 Å². The zero-order chi connectivity index (χ0) is 19.4. The van der Waals surface area contributed by atoms with Crippen molar-refractivity contribution >= 4 is 28.3 Å². The van der Waals surface area contributed by atoms with E-state index in [-0.39, 0.29) is 23.7 Å². The van der Waals surface area contributed by atoms with Crippen LogP contribution in [0.4, 0.5) is 5.95 Å². The van der Waals surface area contributed by atoms with E-state index in [9.17, 15) is 15.0 Å². The third kappa shape index (κ3) is 2.45. The predicted octanol–water partition coefficient (Wildman–Crippen LogP) is -1.84. The highest BCUT2D eigenvalue weighted by atomic mass is 16.6. The van der Waals surface area contributed by atoms with Crippen molar-refractivity contribution in [3.05, 3.63) is 35.5 Å². The second kappa shape index (κ2) is 6.05. The summed E-state index contributed by atoms with van der Waals surface area (Å²) >= 11 is 0. The molecule has 13 nitrogen and oxygen atoms in total. The molecule has 1 fully saturated rings. The fourth-order valence-electron chi connectivity index (χ4n) is 3.38. The number of rotatable bonds is 3. The molecule has 5 heterocycles. The minimum absolute atomic E-state index is 0.0558. The number of H-pyrrole nitrogens is 1. The van der Waals surface area contributed by atoms with Crippen LogP contribution in [-0.4, -0.2) is 67.6 Å². The van der Waals surface area contributed by atoms with Crippen LogP contribution in [0.25, 0.3) is 22.3 Å². The number of nitrogens with two attached hydrogens (primary N) is 1. The van der Waals surface area contributed by atoms with E-state index in [0.717, 1.165) is 0 Å². The molecule has 4 atom stereocenters. The topological polar surface area (TPSA) is 183 Å². The fraction of sp³-hybridized carbons (Fsp3) is 0.333. The Hall–Kier alpha value is -3.42. The zero-order valence-electron chi connectivity index (χ0n) is 14.2. The van der Waals surface area contributed by atoms with E-state index >= 15 is 0 Å². The molecular weight excluding hydrogens is 370 g/mol. The maximum absolute atomic E-state index is 11.9. The van der Waals surface area contributed by atoms with E-state index in [0.29, 0.717) is 11.2 Å². The lowest BCUT2D eigenvalue weighted by molar-refractivity contribution is -0.0390. The Morgan fingerprint density at radius 1 is 1.18 bits per heavy atom. The first-order chi connectivity index (χ1) is 13.5. The summed E-state index contributed by atoms with van der Waals surface area (Å²) in [7, 11) is 0. The molecule has 1 aliphatic heterocycles. The number of nitrogen functional groups attached to an aromatic ring is 1. The number of ether oxygens (including phenoxy) is 1. The van der Waals surface area contributed by atoms with Crippen LogP contribution >= 0.6 is 0 Å². The number of hydrogen-bond donors (Lipinski definition) is 4. The van der Waals surface area contributed by atoms with E-state index in [4.69, 9.17) is 10.5 Å². The number of fused-ring (bicyclic) bond motifs is 2. The number of anilines is 1. The molecule has 144 valence electrons. The quantitative estimate of drug-likeness (QED) is 0.312. The van der Waals surface area contributed by atoms with Crippen molar-refractivity contribution in [2.24, 2.45) is 0 Å². The summed E-state index contributed by atoms with van der Waals surface area (Å²) in [5.74, 6) is -0.0894. The monoisotopic (exact) mass is 385 g/mol. The Kier molecular flexibility index (Phi) is 3.61. The van der Waals surface area contributed by atoms with E-state index < -0.39 is 30.1 Å². The van der Waals surface area contributed by atoms with Crippen LogP contribution in [0.3, 0.4) is 0 Å². The van der Waals surface area contributed by atoms with Gasteiger partial charge < -0.3 is 25.3 Å². The maximum atomic E-state index is 11.9. The summed E-state index contributed by atoms with van der Waals surface area (Å²) in [5, 5.41) is 21.0. The van der Waals surface area contributed by atoms with Crippen LogP contribution in [0.5, 0.6) is 0 Å². The number of aliphatic hydroxyl groups excluding tert-OH is 2. The molecule has 0 aliphatic carbocycles. The molecule has 0 amide bonds. The molecule has 0 aromatic carbocycles. The molecule has 4 aromatic heterocycles. The van der Waals surface area contributed by atoms with Crippen LogP contribution < -0.4 is 11.3 Å². The highest BCUT2D eigenvalue weighted by Gasteiger charge is 2.44. The number of nitrogens with one attached hydrogen (secondary N) is 1.